The maximum Gasteiger partial charge on any atom is 0.344 e. The van der Waals surface area contributed by atoms with Gasteiger partial charge in [-0.25, -0.2) is 9.79 Å². The highest BCUT2D eigenvalue weighted by molar-refractivity contribution is 14.1. The third-order valence-electron chi connectivity index (χ3n) is 4.40. The summed E-state index contributed by atoms with van der Waals surface area (Å²) in [5.41, 5.74) is 1.79. The summed E-state index contributed by atoms with van der Waals surface area (Å²) >= 11 is 3.33. The number of carbonyl (C=O) groups is 2. The van der Waals surface area contributed by atoms with Gasteiger partial charge >= 0.3 is 5.97 Å². The molecule has 0 saturated carbocycles. The lowest BCUT2D eigenvalue weighted by Crippen LogP contribution is -2.14. The topological polar surface area (TPSA) is 85.2 Å². The number of nitrogens with zero attached hydrogens (tertiary/aromatic N) is 1. The first-order valence-electron chi connectivity index (χ1n) is 10.0. The molecular formula is C24H22INO5S. The summed E-state index contributed by atoms with van der Waals surface area (Å²) in [5, 5.41) is 10.8. The van der Waals surface area contributed by atoms with E-state index in [0.717, 1.165) is 22.9 Å². The van der Waals surface area contributed by atoms with Crippen LogP contribution in [0.3, 0.4) is 0 Å². The fourth-order valence-corrected chi connectivity index (χ4v) is 4.13. The summed E-state index contributed by atoms with van der Waals surface area (Å²) in [6, 6.07) is 15.5. The van der Waals surface area contributed by atoms with Gasteiger partial charge in [0.05, 0.1) is 11.5 Å². The number of aliphatic hydroxyl groups is 1. The Kier molecular flexibility index (Phi) is 8.52. The van der Waals surface area contributed by atoms with E-state index in [-0.39, 0.29) is 35.3 Å². The highest BCUT2D eigenvalue weighted by atomic mass is 127. The maximum absolute atomic E-state index is 12.3. The standard InChI is InChI=1S/C24H22INO5S/c1-3-20(27)26-23-21(24(29)30-4-2)22(28)19(32-23)13-15-7-11-18(12-8-15)31-14-16-5-9-17(25)10-6-16/h5-13,28H,3-4,14H2,1-2H3/b19-13-,26-23?. The smallest absolute Gasteiger partial charge is 0.344 e. The number of ether oxygens (including phenoxy) is 2. The number of amides is 1. The quantitative estimate of drug-likeness (QED) is 0.346. The van der Waals surface area contributed by atoms with Crippen LogP contribution >= 0.6 is 34.4 Å². The summed E-state index contributed by atoms with van der Waals surface area (Å²) in [6.45, 7) is 3.96. The van der Waals surface area contributed by atoms with Crippen LogP contribution in [0.5, 0.6) is 5.75 Å². The SMILES string of the molecule is CCOC(=O)C1=C(O)/C(=C/c2ccc(OCc3ccc(I)cc3)cc2)SC1=NC(=O)CC. The van der Waals surface area contributed by atoms with E-state index in [1.54, 1.807) is 19.9 Å². The van der Waals surface area contributed by atoms with Crippen molar-refractivity contribution >= 4 is 57.3 Å². The molecule has 32 heavy (non-hydrogen) atoms. The minimum Gasteiger partial charge on any atom is -0.506 e. The Morgan fingerprint density at radius 1 is 1.09 bits per heavy atom. The molecule has 0 spiro atoms. The van der Waals surface area contributed by atoms with E-state index in [2.05, 4.69) is 27.6 Å². The van der Waals surface area contributed by atoms with Gasteiger partial charge in [-0.1, -0.05) is 43.0 Å². The predicted molar refractivity (Wildman–Crippen MR) is 135 cm³/mol. The van der Waals surface area contributed by atoms with E-state index < -0.39 is 5.97 Å². The molecule has 0 aliphatic carbocycles. The second-order valence-corrected chi connectivity index (χ2v) is 8.98. The summed E-state index contributed by atoms with van der Waals surface area (Å²) in [6.07, 6.45) is 1.92. The molecule has 1 aliphatic rings. The largest absolute Gasteiger partial charge is 0.506 e. The summed E-state index contributed by atoms with van der Waals surface area (Å²) in [4.78, 5) is 28.5. The molecule has 0 aromatic heterocycles. The first kappa shape index (κ1) is 24.1. The Balaban J connectivity index is 1.77. The number of benzene rings is 2. The van der Waals surface area contributed by atoms with E-state index in [1.165, 1.54) is 3.57 Å². The highest BCUT2D eigenvalue weighted by Crippen LogP contribution is 2.39. The minimum atomic E-state index is -0.706. The monoisotopic (exact) mass is 563 g/mol. The first-order valence-corrected chi connectivity index (χ1v) is 11.9. The average molecular weight is 563 g/mol. The molecule has 1 aliphatic heterocycles. The number of rotatable bonds is 7. The molecule has 0 saturated heterocycles. The zero-order valence-electron chi connectivity index (χ0n) is 17.6. The number of carbonyl (C=O) groups excluding carboxylic acids is 2. The van der Waals surface area contributed by atoms with Crippen molar-refractivity contribution in [2.24, 2.45) is 4.99 Å². The molecule has 8 heteroatoms. The van der Waals surface area contributed by atoms with Crippen molar-refractivity contribution in [1.82, 2.24) is 0 Å². The Morgan fingerprint density at radius 3 is 2.41 bits per heavy atom. The van der Waals surface area contributed by atoms with Gasteiger partial charge in [0, 0.05) is 9.99 Å². The number of hydrogen-bond donors (Lipinski definition) is 1. The molecule has 0 fully saturated rings. The molecule has 0 atom stereocenters. The third kappa shape index (κ3) is 6.23. The van der Waals surface area contributed by atoms with Crippen LogP contribution in [-0.2, 0) is 20.9 Å². The Morgan fingerprint density at radius 2 is 1.78 bits per heavy atom. The van der Waals surface area contributed by atoms with Crippen LogP contribution in [0.15, 0.2) is 69.8 Å². The van der Waals surface area contributed by atoms with Gasteiger partial charge in [-0.3, -0.25) is 4.79 Å². The van der Waals surface area contributed by atoms with Gasteiger partial charge in [-0.15, -0.1) is 0 Å². The predicted octanol–water partition coefficient (Wildman–Crippen LogP) is 5.67. The fraction of sp³-hybridized carbons (Fsp3) is 0.208. The lowest BCUT2D eigenvalue weighted by molar-refractivity contribution is -0.138. The Hall–Kier alpha value is -2.59. The molecule has 3 rings (SSSR count). The maximum atomic E-state index is 12.3. The van der Waals surface area contributed by atoms with Gasteiger partial charge in [-0.05, 0) is 71.0 Å². The van der Waals surface area contributed by atoms with E-state index >= 15 is 0 Å². The average Bonchev–Trinajstić information content (AvgIpc) is 3.08. The van der Waals surface area contributed by atoms with E-state index in [1.807, 2.05) is 48.5 Å². The highest BCUT2D eigenvalue weighted by Gasteiger charge is 2.33. The van der Waals surface area contributed by atoms with Gasteiger partial charge < -0.3 is 14.6 Å². The summed E-state index contributed by atoms with van der Waals surface area (Å²) in [7, 11) is 0. The van der Waals surface area contributed by atoms with E-state index in [9.17, 15) is 14.7 Å². The van der Waals surface area contributed by atoms with Crippen LogP contribution in [0.2, 0.25) is 0 Å². The van der Waals surface area contributed by atoms with Crippen molar-refractivity contribution in [3.05, 3.63) is 79.5 Å². The zero-order chi connectivity index (χ0) is 23.1. The molecule has 166 valence electrons. The molecule has 0 bridgehead atoms. The minimum absolute atomic E-state index is 0.0811. The summed E-state index contributed by atoms with van der Waals surface area (Å²) < 4.78 is 12.0. The lowest BCUT2D eigenvalue weighted by atomic mass is 10.1. The number of esters is 1. The first-order chi connectivity index (χ1) is 15.4. The fourth-order valence-electron chi connectivity index (χ4n) is 2.74. The second-order valence-electron chi connectivity index (χ2n) is 6.70. The number of hydrogen-bond acceptors (Lipinski definition) is 6. The number of aliphatic hydroxyl groups excluding tert-OH is 1. The Labute approximate surface area is 204 Å². The third-order valence-corrected chi connectivity index (χ3v) is 6.13. The van der Waals surface area contributed by atoms with Gasteiger partial charge in [0.25, 0.3) is 0 Å². The van der Waals surface area contributed by atoms with Crippen LogP contribution in [0.1, 0.15) is 31.4 Å². The molecule has 6 nitrogen and oxygen atoms in total. The van der Waals surface area contributed by atoms with E-state index in [0.29, 0.717) is 17.3 Å². The lowest BCUT2D eigenvalue weighted by Gasteiger charge is -2.07. The normalized spacial score (nSPS) is 16.0. The molecule has 1 N–H and O–H groups in total. The van der Waals surface area contributed by atoms with Crippen LogP contribution in [0.25, 0.3) is 6.08 Å². The van der Waals surface area contributed by atoms with Gasteiger partial charge in [-0.2, -0.15) is 0 Å². The molecule has 0 unspecified atom stereocenters. The van der Waals surface area contributed by atoms with Crippen molar-refractivity contribution in [2.75, 3.05) is 6.61 Å². The van der Waals surface area contributed by atoms with Crippen molar-refractivity contribution in [2.45, 2.75) is 26.9 Å². The molecule has 0 radical (unpaired) electrons. The Bertz CT molecular complexity index is 1090. The zero-order valence-corrected chi connectivity index (χ0v) is 20.6. The van der Waals surface area contributed by atoms with Crippen LogP contribution in [0.4, 0.5) is 0 Å². The second kappa shape index (κ2) is 11.3. The molecule has 1 heterocycles. The van der Waals surface area contributed by atoms with Crippen LogP contribution < -0.4 is 4.74 Å². The summed E-state index contributed by atoms with van der Waals surface area (Å²) in [5.74, 6) is -0.608. The molecule has 2 aromatic carbocycles. The van der Waals surface area contributed by atoms with Crippen molar-refractivity contribution < 1.29 is 24.2 Å². The number of halogens is 1. The van der Waals surface area contributed by atoms with Crippen molar-refractivity contribution in [1.29, 1.82) is 0 Å². The number of aliphatic imine (C=N–C) groups is 1. The molecule has 1 amide bonds. The van der Waals surface area contributed by atoms with E-state index in [4.69, 9.17) is 9.47 Å². The molecular weight excluding hydrogens is 541 g/mol. The van der Waals surface area contributed by atoms with Crippen LogP contribution in [0, 0.1) is 3.57 Å². The van der Waals surface area contributed by atoms with Gasteiger partial charge in [0.1, 0.15) is 28.7 Å². The number of thioether (sulfide) groups is 1. The molecule has 2 aromatic rings. The van der Waals surface area contributed by atoms with Crippen molar-refractivity contribution in [3.8, 4) is 5.75 Å². The van der Waals surface area contributed by atoms with Gasteiger partial charge in [0.15, 0.2) is 0 Å². The van der Waals surface area contributed by atoms with Crippen LogP contribution in [-0.4, -0.2) is 28.6 Å². The van der Waals surface area contributed by atoms with Gasteiger partial charge in [0.2, 0.25) is 5.91 Å². The van der Waals surface area contributed by atoms with Crippen molar-refractivity contribution in [3.63, 3.8) is 0 Å².